The molecule has 0 spiro atoms. The van der Waals surface area contributed by atoms with Crippen LogP contribution < -0.4 is 15.0 Å². The van der Waals surface area contributed by atoms with Crippen LogP contribution in [0.2, 0.25) is 0 Å². The molecule has 1 heterocycles. The fourth-order valence-electron chi connectivity index (χ4n) is 3.59. The second-order valence-electron chi connectivity index (χ2n) is 7.24. The van der Waals surface area contributed by atoms with Crippen molar-refractivity contribution >= 4 is 17.5 Å². The van der Waals surface area contributed by atoms with Crippen molar-refractivity contribution in [1.82, 2.24) is 5.32 Å². The SMILES string of the molecule is C[C@H]1Oc2ccccc2N(CCC(=O)NC(C2CC2)C2CC2)C1=O. The van der Waals surface area contributed by atoms with Crippen LogP contribution in [0.15, 0.2) is 24.3 Å². The van der Waals surface area contributed by atoms with E-state index in [0.29, 0.717) is 36.6 Å². The summed E-state index contributed by atoms with van der Waals surface area (Å²) in [5.41, 5.74) is 0.759. The van der Waals surface area contributed by atoms with E-state index < -0.39 is 6.10 Å². The third-order valence-corrected chi connectivity index (χ3v) is 5.22. The third-order valence-electron chi connectivity index (χ3n) is 5.22. The molecule has 0 unspecified atom stereocenters. The van der Waals surface area contributed by atoms with Crippen LogP contribution in [0.25, 0.3) is 0 Å². The molecular formula is C19H24N2O3. The summed E-state index contributed by atoms with van der Waals surface area (Å²) in [7, 11) is 0. The molecule has 1 N–H and O–H groups in total. The molecule has 24 heavy (non-hydrogen) atoms. The van der Waals surface area contributed by atoms with Gasteiger partial charge in [0.25, 0.3) is 5.91 Å². The smallest absolute Gasteiger partial charge is 0.267 e. The Morgan fingerprint density at radius 3 is 2.58 bits per heavy atom. The number of nitrogens with one attached hydrogen (secondary N) is 1. The molecule has 2 fully saturated rings. The van der Waals surface area contributed by atoms with Gasteiger partial charge in [-0.2, -0.15) is 0 Å². The van der Waals surface area contributed by atoms with E-state index in [9.17, 15) is 9.59 Å². The maximum Gasteiger partial charge on any atom is 0.267 e. The van der Waals surface area contributed by atoms with Crippen LogP contribution in [-0.4, -0.2) is 30.5 Å². The third kappa shape index (κ3) is 3.12. The average Bonchev–Trinajstić information content (AvgIpc) is 3.47. The van der Waals surface area contributed by atoms with Gasteiger partial charge in [0.05, 0.1) is 5.69 Å². The number of nitrogens with zero attached hydrogens (tertiary/aromatic N) is 1. The van der Waals surface area contributed by atoms with Gasteiger partial charge in [-0.15, -0.1) is 0 Å². The van der Waals surface area contributed by atoms with Crippen LogP contribution in [0.3, 0.4) is 0 Å². The Bertz CT molecular complexity index is 640. The number of benzene rings is 1. The number of rotatable bonds is 6. The quantitative estimate of drug-likeness (QED) is 0.873. The van der Waals surface area contributed by atoms with Crippen LogP contribution >= 0.6 is 0 Å². The molecule has 0 aromatic heterocycles. The summed E-state index contributed by atoms with van der Waals surface area (Å²) in [5, 5.41) is 3.22. The molecule has 4 rings (SSSR count). The number of amides is 2. The Kier molecular flexibility index (Phi) is 3.94. The summed E-state index contributed by atoms with van der Waals surface area (Å²) in [5.74, 6) is 2.06. The van der Waals surface area contributed by atoms with Gasteiger partial charge < -0.3 is 15.0 Å². The number of anilines is 1. The van der Waals surface area contributed by atoms with E-state index in [4.69, 9.17) is 4.74 Å². The van der Waals surface area contributed by atoms with Crippen LogP contribution in [0, 0.1) is 11.8 Å². The second-order valence-corrected chi connectivity index (χ2v) is 7.24. The molecule has 5 heteroatoms. The average molecular weight is 328 g/mol. The largest absolute Gasteiger partial charge is 0.479 e. The molecule has 1 aliphatic heterocycles. The zero-order chi connectivity index (χ0) is 16.7. The summed E-state index contributed by atoms with van der Waals surface area (Å²) < 4.78 is 5.63. The van der Waals surface area contributed by atoms with Crippen molar-refractivity contribution in [2.75, 3.05) is 11.4 Å². The van der Waals surface area contributed by atoms with Crippen LogP contribution in [0.5, 0.6) is 5.75 Å². The van der Waals surface area contributed by atoms with Gasteiger partial charge in [0.1, 0.15) is 5.75 Å². The number of ether oxygens (including phenoxy) is 1. The van der Waals surface area contributed by atoms with Crippen molar-refractivity contribution in [2.45, 2.75) is 51.2 Å². The van der Waals surface area contributed by atoms with E-state index in [-0.39, 0.29) is 11.8 Å². The van der Waals surface area contributed by atoms with Crippen LogP contribution in [0.1, 0.15) is 39.0 Å². The predicted octanol–water partition coefficient (Wildman–Crippen LogP) is 2.50. The van der Waals surface area contributed by atoms with Crippen molar-refractivity contribution in [3.05, 3.63) is 24.3 Å². The number of carbonyl (C=O) groups excluding carboxylic acids is 2. The van der Waals surface area contributed by atoms with E-state index in [1.807, 2.05) is 24.3 Å². The minimum atomic E-state index is -0.506. The highest BCUT2D eigenvalue weighted by Crippen LogP contribution is 2.44. The summed E-state index contributed by atoms with van der Waals surface area (Å²) >= 11 is 0. The van der Waals surface area contributed by atoms with Gasteiger partial charge in [0.15, 0.2) is 6.10 Å². The molecule has 1 aromatic carbocycles. The Balaban J connectivity index is 1.39. The lowest BCUT2D eigenvalue weighted by Crippen LogP contribution is -2.46. The van der Waals surface area contributed by atoms with Gasteiger partial charge in [-0.05, 0) is 56.6 Å². The molecule has 0 bridgehead atoms. The van der Waals surface area contributed by atoms with Gasteiger partial charge in [-0.1, -0.05) is 12.1 Å². The lowest BCUT2D eigenvalue weighted by Gasteiger charge is -2.33. The summed E-state index contributed by atoms with van der Waals surface area (Å²) in [6.07, 6.45) is 4.81. The number of carbonyl (C=O) groups is 2. The molecule has 0 saturated heterocycles. The van der Waals surface area contributed by atoms with Crippen molar-refractivity contribution < 1.29 is 14.3 Å². The topological polar surface area (TPSA) is 58.6 Å². The van der Waals surface area contributed by atoms with E-state index in [1.165, 1.54) is 25.7 Å². The first-order valence-electron chi connectivity index (χ1n) is 9.00. The highest BCUT2D eigenvalue weighted by Gasteiger charge is 2.42. The highest BCUT2D eigenvalue weighted by molar-refractivity contribution is 6.00. The van der Waals surface area contributed by atoms with Gasteiger partial charge in [0, 0.05) is 19.0 Å². The standard InChI is InChI=1S/C19H24N2O3/c1-12-19(23)21(15-4-2-3-5-16(15)24-12)11-10-17(22)20-18(13-6-7-13)14-8-9-14/h2-5,12-14,18H,6-11H2,1H3,(H,20,22)/t12-/m1/s1. The van der Waals surface area contributed by atoms with Crippen molar-refractivity contribution in [3.63, 3.8) is 0 Å². The van der Waals surface area contributed by atoms with Gasteiger partial charge >= 0.3 is 0 Å². The Morgan fingerprint density at radius 2 is 1.92 bits per heavy atom. The summed E-state index contributed by atoms with van der Waals surface area (Å²) in [6.45, 7) is 2.15. The van der Waals surface area contributed by atoms with E-state index in [2.05, 4.69) is 5.32 Å². The zero-order valence-electron chi connectivity index (χ0n) is 14.0. The first kappa shape index (κ1) is 15.5. The molecule has 2 saturated carbocycles. The Morgan fingerprint density at radius 1 is 1.25 bits per heavy atom. The van der Waals surface area contributed by atoms with Crippen molar-refractivity contribution in [2.24, 2.45) is 11.8 Å². The van der Waals surface area contributed by atoms with Crippen molar-refractivity contribution in [1.29, 1.82) is 0 Å². The Hall–Kier alpha value is -2.04. The number of hydrogen-bond acceptors (Lipinski definition) is 3. The lowest BCUT2D eigenvalue weighted by atomic mass is 10.1. The minimum absolute atomic E-state index is 0.0585. The molecule has 2 amide bonds. The molecule has 2 aliphatic carbocycles. The summed E-state index contributed by atoms with van der Waals surface area (Å²) in [6, 6.07) is 7.87. The zero-order valence-corrected chi connectivity index (χ0v) is 14.0. The molecule has 128 valence electrons. The van der Waals surface area contributed by atoms with Gasteiger partial charge in [-0.3, -0.25) is 9.59 Å². The normalized spacial score (nSPS) is 23.0. The Labute approximate surface area is 142 Å². The maximum absolute atomic E-state index is 12.4. The number of para-hydroxylation sites is 2. The monoisotopic (exact) mass is 328 g/mol. The second kappa shape index (κ2) is 6.11. The van der Waals surface area contributed by atoms with Crippen LogP contribution in [-0.2, 0) is 9.59 Å². The predicted molar refractivity (Wildman–Crippen MR) is 90.9 cm³/mol. The van der Waals surface area contributed by atoms with E-state index in [0.717, 1.165) is 5.69 Å². The molecular weight excluding hydrogens is 304 g/mol. The molecule has 1 aromatic rings. The van der Waals surface area contributed by atoms with Crippen molar-refractivity contribution in [3.8, 4) is 5.75 Å². The minimum Gasteiger partial charge on any atom is -0.479 e. The maximum atomic E-state index is 12.4. The molecule has 3 aliphatic rings. The van der Waals surface area contributed by atoms with Gasteiger partial charge in [-0.25, -0.2) is 0 Å². The fourth-order valence-corrected chi connectivity index (χ4v) is 3.59. The molecule has 1 atom stereocenters. The summed E-state index contributed by atoms with van der Waals surface area (Å²) in [4.78, 5) is 26.5. The number of hydrogen-bond donors (Lipinski definition) is 1. The number of fused-ring (bicyclic) bond motifs is 1. The van der Waals surface area contributed by atoms with Gasteiger partial charge in [0.2, 0.25) is 5.91 Å². The lowest BCUT2D eigenvalue weighted by molar-refractivity contribution is -0.125. The first-order valence-corrected chi connectivity index (χ1v) is 9.00. The molecule has 0 radical (unpaired) electrons. The molecule has 5 nitrogen and oxygen atoms in total. The van der Waals surface area contributed by atoms with Crippen LogP contribution in [0.4, 0.5) is 5.69 Å². The fraction of sp³-hybridized carbons (Fsp3) is 0.579. The highest BCUT2D eigenvalue weighted by atomic mass is 16.5. The first-order chi connectivity index (χ1) is 11.6. The van der Waals surface area contributed by atoms with E-state index in [1.54, 1.807) is 11.8 Å². The van der Waals surface area contributed by atoms with E-state index >= 15 is 0 Å².